The first-order valence-corrected chi connectivity index (χ1v) is 7.30. The summed E-state index contributed by atoms with van der Waals surface area (Å²) < 4.78 is 6.03. The molecule has 2 aromatic rings. The second-order valence-corrected chi connectivity index (χ2v) is 5.50. The van der Waals surface area contributed by atoms with Gasteiger partial charge in [-0.05, 0) is 55.9 Å². The molecule has 1 saturated heterocycles. The van der Waals surface area contributed by atoms with Gasteiger partial charge in [0.1, 0.15) is 11.9 Å². The van der Waals surface area contributed by atoms with Crippen molar-refractivity contribution in [1.82, 2.24) is 10.3 Å². The fourth-order valence-electron chi connectivity index (χ4n) is 2.56. The molecule has 106 valence electrons. The van der Waals surface area contributed by atoms with Crippen LogP contribution in [-0.2, 0) is 0 Å². The molecule has 1 fully saturated rings. The minimum Gasteiger partial charge on any atom is -0.489 e. The van der Waals surface area contributed by atoms with Crippen LogP contribution in [0.3, 0.4) is 0 Å². The maximum Gasteiger partial charge on any atom is 0.255 e. The van der Waals surface area contributed by atoms with Crippen molar-refractivity contribution in [3.8, 4) is 5.75 Å². The minimum absolute atomic E-state index is 0.130. The van der Waals surface area contributed by atoms with Crippen LogP contribution in [0.15, 0.2) is 29.2 Å². The fourth-order valence-corrected chi connectivity index (χ4v) is 2.77. The normalized spacial score (nSPS) is 19.8. The van der Waals surface area contributed by atoms with E-state index >= 15 is 0 Å². The molecule has 2 heterocycles. The number of H-pyrrole nitrogens is 1. The van der Waals surface area contributed by atoms with Gasteiger partial charge in [0.25, 0.3) is 5.56 Å². The van der Waals surface area contributed by atoms with Crippen molar-refractivity contribution in [3.63, 3.8) is 0 Å². The van der Waals surface area contributed by atoms with Crippen molar-refractivity contribution in [2.45, 2.75) is 25.4 Å². The zero-order valence-electron chi connectivity index (χ0n) is 11.1. The Labute approximate surface area is 122 Å². The van der Waals surface area contributed by atoms with Gasteiger partial charge >= 0.3 is 0 Å². The number of hydrogen-bond acceptors (Lipinski definition) is 3. The molecular formula is C15H17ClN2O2. The van der Waals surface area contributed by atoms with Crippen LogP contribution in [0.25, 0.3) is 10.8 Å². The van der Waals surface area contributed by atoms with Crippen molar-refractivity contribution in [2.24, 2.45) is 0 Å². The summed E-state index contributed by atoms with van der Waals surface area (Å²) in [6, 6.07) is 5.39. The first-order chi connectivity index (χ1) is 9.74. The second kappa shape index (κ2) is 5.85. The maximum atomic E-state index is 11.7. The standard InChI is InChI=1S/C15H17ClN2O2/c16-13-9-12-10(3-7-18-15(12)19)8-14(13)20-11-2-1-5-17-6-4-11/h3,7-9,11,17H,1-2,4-6H2,(H,18,19). The average Bonchev–Trinajstić information content (AvgIpc) is 2.70. The molecule has 20 heavy (non-hydrogen) atoms. The molecule has 2 N–H and O–H groups in total. The van der Waals surface area contributed by atoms with Crippen molar-refractivity contribution in [1.29, 1.82) is 0 Å². The number of halogens is 1. The van der Waals surface area contributed by atoms with E-state index in [9.17, 15) is 4.79 Å². The lowest BCUT2D eigenvalue weighted by Gasteiger charge is -2.18. The van der Waals surface area contributed by atoms with Crippen LogP contribution in [0.4, 0.5) is 0 Å². The SMILES string of the molecule is O=c1[nH]ccc2cc(OC3CCCNCC3)c(Cl)cc12. The van der Waals surface area contributed by atoms with Gasteiger partial charge in [0.15, 0.2) is 0 Å². The number of rotatable bonds is 2. The highest BCUT2D eigenvalue weighted by molar-refractivity contribution is 6.32. The molecule has 1 unspecified atom stereocenters. The maximum absolute atomic E-state index is 11.7. The molecular weight excluding hydrogens is 276 g/mol. The Hall–Kier alpha value is -1.52. The van der Waals surface area contributed by atoms with Crippen LogP contribution in [0, 0.1) is 0 Å². The van der Waals surface area contributed by atoms with E-state index < -0.39 is 0 Å². The summed E-state index contributed by atoms with van der Waals surface area (Å²) in [6.45, 7) is 2.01. The zero-order valence-corrected chi connectivity index (χ0v) is 11.9. The van der Waals surface area contributed by atoms with Gasteiger partial charge in [-0.15, -0.1) is 0 Å². The third kappa shape index (κ3) is 2.81. The Kier molecular flexibility index (Phi) is 3.94. The number of pyridine rings is 1. The van der Waals surface area contributed by atoms with E-state index in [1.807, 2.05) is 12.1 Å². The second-order valence-electron chi connectivity index (χ2n) is 5.10. The predicted molar refractivity (Wildman–Crippen MR) is 80.7 cm³/mol. The van der Waals surface area contributed by atoms with E-state index in [2.05, 4.69) is 10.3 Å². The Balaban J connectivity index is 1.91. The molecule has 1 aliphatic heterocycles. The summed E-state index contributed by atoms with van der Waals surface area (Å²) in [4.78, 5) is 14.4. The van der Waals surface area contributed by atoms with E-state index in [4.69, 9.17) is 16.3 Å². The van der Waals surface area contributed by atoms with Crippen molar-refractivity contribution < 1.29 is 4.74 Å². The molecule has 0 aliphatic carbocycles. The lowest BCUT2D eigenvalue weighted by Crippen LogP contribution is -2.19. The van der Waals surface area contributed by atoms with Gasteiger partial charge in [0.05, 0.1) is 5.02 Å². The van der Waals surface area contributed by atoms with Crippen molar-refractivity contribution >= 4 is 22.4 Å². The first kappa shape index (κ1) is 13.5. The van der Waals surface area contributed by atoms with Gasteiger partial charge in [-0.2, -0.15) is 0 Å². The molecule has 5 heteroatoms. The van der Waals surface area contributed by atoms with Crippen molar-refractivity contribution in [3.05, 3.63) is 39.8 Å². The molecule has 0 bridgehead atoms. The van der Waals surface area contributed by atoms with Gasteiger partial charge in [0, 0.05) is 11.6 Å². The Morgan fingerprint density at radius 2 is 2.15 bits per heavy atom. The Morgan fingerprint density at radius 3 is 3.05 bits per heavy atom. The third-order valence-electron chi connectivity index (χ3n) is 3.64. The highest BCUT2D eigenvalue weighted by Gasteiger charge is 2.15. The molecule has 1 aromatic heterocycles. The monoisotopic (exact) mass is 292 g/mol. The number of hydrogen-bond donors (Lipinski definition) is 2. The van der Waals surface area contributed by atoms with Crippen LogP contribution in [0.2, 0.25) is 5.02 Å². The zero-order chi connectivity index (χ0) is 13.9. The van der Waals surface area contributed by atoms with Crippen LogP contribution in [0.1, 0.15) is 19.3 Å². The van der Waals surface area contributed by atoms with Gasteiger partial charge < -0.3 is 15.0 Å². The lowest BCUT2D eigenvalue weighted by atomic mass is 10.1. The fraction of sp³-hybridized carbons (Fsp3) is 0.400. The van der Waals surface area contributed by atoms with E-state index in [1.165, 1.54) is 0 Å². The molecule has 0 spiro atoms. The molecule has 4 nitrogen and oxygen atoms in total. The minimum atomic E-state index is -0.130. The number of benzene rings is 1. The lowest BCUT2D eigenvalue weighted by molar-refractivity contribution is 0.188. The van der Waals surface area contributed by atoms with E-state index in [0.717, 1.165) is 37.7 Å². The molecule has 1 atom stereocenters. The predicted octanol–water partition coefficient (Wildman–Crippen LogP) is 2.70. The molecule has 0 radical (unpaired) electrons. The number of fused-ring (bicyclic) bond motifs is 1. The number of nitrogens with one attached hydrogen (secondary N) is 2. The van der Waals surface area contributed by atoms with Gasteiger partial charge in [-0.3, -0.25) is 4.79 Å². The molecule has 1 aliphatic rings. The summed E-state index contributed by atoms with van der Waals surface area (Å²) in [6.07, 6.45) is 4.93. The highest BCUT2D eigenvalue weighted by atomic mass is 35.5. The Morgan fingerprint density at radius 1 is 1.25 bits per heavy atom. The summed E-state index contributed by atoms with van der Waals surface area (Å²) >= 11 is 6.24. The van der Waals surface area contributed by atoms with Crippen LogP contribution in [0.5, 0.6) is 5.75 Å². The van der Waals surface area contributed by atoms with E-state index in [-0.39, 0.29) is 11.7 Å². The van der Waals surface area contributed by atoms with Crippen molar-refractivity contribution in [2.75, 3.05) is 13.1 Å². The number of aromatic amines is 1. The van der Waals surface area contributed by atoms with Crippen LogP contribution < -0.4 is 15.6 Å². The summed E-state index contributed by atoms with van der Waals surface area (Å²) in [5.74, 6) is 0.664. The number of aromatic nitrogens is 1. The highest BCUT2D eigenvalue weighted by Crippen LogP contribution is 2.30. The average molecular weight is 293 g/mol. The number of ether oxygens (including phenoxy) is 1. The van der Waals surface area contributed by atoms with E-state index in [1.54, 1.807) is 12.3 Å². The smallest absolute Gasteiger partial charge is 0.255 e. The van der Waals surface area contributed by atoms with Crippen LogP contribution in [-0.4, -0.2) is 24.2 Å². The quantitative estimate of drug-likeness (QED) is 0.895. The third-order valence-corrected chi connectivity index (χ3v) is 3.94. The van der Waals surface area contributed by atoms with Crippen LogP contribution >= 0.6 is 11.6 Å². The molecule has 0 amide bonds. The molecule has 3 rings (SSSR count). The van der Waals surface area contributed by atoms with Gasteiger partial charge in [-0.25, -0.2) is 0 Å². The summed E-state index contributed by atoms with van der Waals surface area (Å²) in [5.41, 5.74) is -0.130. The largest absolute Gasteiger partial charge is 0.489 e. The topological polar surface area (TPSA) is 54.1 Å². The van der Waals surface area contributed by atoms with Gasteiger partial charge in [-0.1, -0.05) is 11.6 Å². The Bertz CT molecular complexity index is 660. The molecule has 0 saturated carbocycles. The van der Waals surface area contributed by atoms with Gasteiger partial charge in [0.2, 0.25) is 0 Å². The molecule has 1 aromatic carbocycles. The first-order valence-electron chi connectivity index (χ1n) is 6.92. The summed E-state index contributed by atoms with van der Waals surface area (Å²) in [7, 11) is 0. The summed E-state index contributed by atoms with van der Waals surface area (Å²) in [5, 5.41) is 5.29. The van der Waals surface area contributed by atoms with E-state index in [0.29, 0.717) is 16.2 Å².